The Labute approximate surface area is 99.7 Å². The Morgan fingerprint density at radius 3 is 2.82 bits per heavy atom. The maximum absolute atomic E-state index is 11.8. The van der Waals surface area contributed by atoms with Crippen molar-refractivity contribution in [2.75, 3.05) is 4.72 Å². The van der Waals surface area contributed by atoms with Gasteiger partial charge < -0.3 is 9.63 Å². The highest BCUT2D eigenvalue weighted by Gasteiger charge is 2.19. The fraction of sp³-hybridized carbons (Fsp3) is 0. The SMILES string of the molecule is O=C(O)c1cc(S(=O)(=O)Nc2ccon2)cs1. The fourth-order valence-corrected chi connectivity index (χ4v) is 3.14. The minimum atomic E-state index is -3.82. The second kappa shape index (κ2) is 4.18. The van der Waals surface area contributed by atoms with Gasteiger partial charge in [-0.2, -0.15) is 0 Å². The molecule has 0 aliphatic carbocycles. The van der Waals surface area contributed by atoms with Crippen LogP contribution < -0.4 is 4.72 Å². The van der Waals surface area contributed by atoms with Crippen LogP contribution in [0.2, 0.25) is 0 Å². The summed E-state index contributed by atoms with van der Waals surface area (Å²) in [7, 11) is -3.82. The summed E-state index contributed by atoms with van der Waals surface area (Å²) in [6.45, 7) is 0. The monoisotopic (exact) mass is 274 g/mol. The Morgan fingerprint density at radius 2 is 2.29 bits per heavy atom. The number of nitrogens with zero attached hydrogens (tertiary/aromatic N) is 1. The third-order valence-corrected chi connectivity index (χ3v) is 4.17. The molecule has 0 fully saturated rings. The molecule has 0 saturated carbocycles. The zero-order valence-corrected chi connectivity index (χ0v) is 9.79. The lowest BCUT2D eigenvalue weighted by Crippen LogP contribution is -2.12. The highest BCUT2D eigenvalue weighted by Crippen LogP contribution is 2.21. The molecule has 0 aliphatic heterocycles. The number of anilines is 1. The molecule has 0 spiro atoms. The van der Waals surface area contributed by atoms with Crippen LogP contribution in [0.4, 0.5) is 5.82 Å². The summed E-state index contributed by atoms with van der Waals surface area (Å²) < 4.78 is 30.1. The molecular formula is C8H6N2O5S2. The molecule has 90 valence electrons. The third-order valence-electron chi connectivity index (χ3n) is 1.77. The first-order valence-corrected chi connectivity index (χ1v) is 6.60. The Balaban J connectivity index is 2.28. The van der Waals surface area contributed by atoms with Crippen LogP contribution in [-0.2, 0) is 10.0 Å². The van der Waals surface area contributed by atoms with Gasteiger partial charge in [0.15, 0.2) is 5.82 Å². The Hall–Kier alpha value is -1.87. The lowest BCUT2D eigenvalue weighted by atomic mass is 10.5. The first kappa shape index (κ1) is 11.6. The standard InChI is InChI=1S/C8H6N2O5S2/c11-8(12)6-3-5(4-16-6)17(13,14)10-7-1-2-15-9-7/h1-4H,(H,9,10)(H,11,12). The number of carbonyl (C=O) groups is 1. The van der Waals surface area contributed by atoms with Crippen molar-refractivity contribution >= 4 is 33.1 Å². The molecule has 0 aliphatic rings. The van der Waals surface area contributed by atoms with Crippen LogP contribution in [0.5, 0.6) is 0 Å². The zero-order valence-electron chi connectivity index (χ0n) is 8.15. The molecule has 2 aromatic heterocycles. The summed E-state index contributed by atoms with van der Waals surface area (Å²) >= 11 is 0.835. The number of carboxylic acid groups (broad SMARTS) is 1. The van der Waals surface area contributed by atoms with Crippen LogP contribution in [0, 0.1) is 0 Å². The number of sulfonamides is 1. The molecule has 17 heavy (non-hydrogen) atoms. The van der Waals surface area contributed by atoms with E-state index in [2.05, 4.69) is 14.4 Å². The van der Waals surface area contributed by atoms with Crippen LogP contribution in [-0.4, -0.2) is 24.7 Å². The number of aromatic nitrogens is 1. The average Bonchev–Trinajstić information content (AvgIpc) is 2.84. The third kappa shape index (κ3) is 2.45. The molecule has 0 atom stereocenters. The average molecular weight is 274 g/mol. The highest BCUT2D eigenvalue weighted by atomic mass is 32.2. The van der Waals surface area contributed by atoms with Gasteiger partial charge in [-0.3, -0.25) is 4.72 Å². The molecule has 0 aromatic carbocycles. The number of thiophene rings is 1. The van der Waals surface area contributed by atoms with E-state index < -0.39 is 16.0 Å². The van der Waals surface area contributed by atoms with Gasteiger partial charge in [-0.15, -0.1) is 11.3 Å². The zero-order chi connectivity index (χ0) is 12.5. The molecule has 9 heteroatoms. The molecule has 0 radical (unpaired) electrons. The van der Waals surface area contributed by atoms with E-state index in [1.54, 1.807) is 0 Å². The largest absolute Gasteiger partial charge is 0.477 e. The van der Waals surface area contributed by atoms with Gasteiger partial charge in [-0.25, -0.2) is 13.2 Å². The van der Waals surface area contributed by atoms with E-state index in [9.17, 15) is 13.2 Å². The number of rotatable bonds is 4. The summed E-state index contributed by atoms with van der Waals surface area (Å²) in [6.07, 6.45) is 1.22. The van der Waals surface area contributed by atoms with Crippen molar-refractivity contribution in [1.29, 1.82) is 0 Å². The first-order valence-electron chi connectivity index (χ1n) is 4.24. The van der Waals surface area contributed by atoms with Crippen molar-refractivity contribution < 1.29 is 22.8 Å². The molecule has 0 unspecified atom stereocenters. The molecule has 2 aromatic rings. The number of hydrogen-bond donors (Lipinski definition) is 2. The smallest absolute Gasteiger partial charge is 0.345 e. The predicted molar refractivity (Wildman–Crippen MR) is 58.6 cm³/mol. The van der Waals surface area contributed by atoms with Crippen molar-refractivity contribution in [3.8, 4) is 0 Å². The number of carboxylic acids is 1. The molecule has 0 saturated heterocycles. The van der Waals surface area contributed by atoms with E-state index in [1.807, 2.05) is 0 Å². The van der Waals surface area contributed by atoms with Gasteiger partial charge in [-0.05, 0) is 6.07 Å². The maximum atomic E-state index is 11.8. The molecule has 2 heterocycles. The van der Waals surface area contributed by atoms with E-state index in [1.165, 1.54) is 17.7 Å². The van der Waals surface area contributed by atoms with E-state index in [-0.39, 0.29) is 15.6 Å². The minimum Gasteiger partial charge on any atom is -0.477 e. The predicted octanol–water partition coefficient (Wildman–Crippen LogP) is 1.24. The van der Waals surface area contributed by atoms with Crippen LogP contribution >= 0.6 is 11.3 Å². The van der Waals surface area contributed by atoms with Crippen molar-refractivity contribution in [1.82, 2.24) is 5.16 Å². The topological polar surface area (TPSA) is 110 Å². The second-order valence-corrected chi connectivity index (χ2v) is 5.54. The van der Waals surface area contributed by atoms with Crippen molar-refractivity contribution in [3.63, 3.8) is 0 Å². The van der Waals surface area contributed by atoms with Crippen molar-refractivity contribution in [2.45, 2.75) is 4.90 Å². The summed E-state index contributed by atoms with van der Waals surface area (Å²) in [5.74, 6) is -1.13. The van der Waals surface area contributed by atoms with Crippen LogP contribution in [0.3, 0.4) is 0 Å². The van der Waals surface area contributed by atoms with E-state index in [0.717, 1.165) is 17.4 Å². The Morgan fingerprint density at radius 1 is 1.53 bits per heavy atom. The molecular weight excluding hydrogens is 268 g/mol. The van der Waals surface area contributed by atoms with Gasteiger partial charge in [0, 0.05) is 11.4 Å². The van der Waals surface area contributed by atoms with Gasteiger partial charge >= 0.3 is 5.97 Å². The van der Waals surface area contributed by atoms with E-state index in [4.69, 9.17) is 5.11 Å². The number of aromatic carboxylic acids is 1. The van der Waals surface area contributed by atoms with E-state index in [0.29, 0.717) is 0 Å². The van der Waals surface area contributed by atoms with Crippen LogP contribution in [0.15, 0.2) is 33.2 Å². The van der Waals surface area contributed by atoms with Crippen molar-refractivity contribution in [3.05, 3.63) is 28.7 Å². The van der Waals surface area contributed by atoms with Gasteiger partial charge in [0.05, 0.1) is 4.90 Å². The van der Waals surface area contributed by atoms with Crippen LogP contribution in [0.25, 0.3) is 0 Å². The molecule has 2 rings (SSSR count). The fourth-order valence-electron chi connectivity index (χ4n) is 1.03. The quantitative estimate of drug-likeness (QED) is 0.867. The summed E-state index contributed by atoms with van der Waals surface area (Å²) in [5, 5.41) is 13.3. The first-order chi connectivity index (χ1) is 7.99. The highest BCUT2D eigenvalue weighted by molar-refractivity contribution is 7.92. The second-order valence-electron chi connectivity index (χ2n) is 2.94. The van der Waals surface area contributed by atoms with Crippen molar-refractivity contribution in [2.24, 2.45) is 0 Å². The van der Waals surface area contributed by atoms with Gasteiger partial charge in [0.25, 0.3) is 10.0 Å². The summed E-state index contributed by atoms with van der Waals surface area (Å²) in [4.78, 5) is 10.5. The Kier molecular flexibility index (Phi) is 2.86. The normalized spacial score (nSPS) is 11.3. The molecule has 0 amide bonds. The minimum absolute atomic E-state index is 0.0353. The summed E-state index contributed by atoms with van der Waals surface area (Å²) in [5.41, 5.74) is 0. The van der Waals surface area contributed by atoms with E-state index >= 15 is 0 Å². The van der Waals surface area contributed by atoms with Gasteiger partial charge in [-0.1, -0.05) is 5.16 Å². The molecule has 7 nitrogen and oxygen atoms in total. The molecule has 0 bridgehead atoms. The Bertz CT molecular complexity index is 629. The number of nitrogens with one attached hydrogen (secondary N) is 1. The maximum Gasteiger partial charge on any atom is 0.345 e. The van der Waals surface area contributed by atoms with Crippen LogP contribution in [0.1, 0.15) is 9.67 Å². The van der Waals surface area contributed by atoms with Gasteiger partial charge in [0.2, 0.25) is 0 Å². The lowest BCUT2D eigenvalue weighted by Gasteiger charge is -2.00. The summed E-state index contributed by atoms with van der Waals surface area (Å²) in [6, 6.07) is 2.41. The molecule has 2 N–H and O–H groups in total. The number of hydrogen-bond acceptors (Lipinski definition) is 6. The van der Waals surface area contributed by atoms with Gasteiger partial charge in [0.1, 0.15) is 11.1 Å². The lowest BCUT2D eigenvalue weighted by molar-refractivity contribution is 0.0702.